The van der Waals surface area contributed by atoms with Crippen LogP contribution in [0.5, 0.6) is 0 Å². The molecule has 8 heteroatoms. The first-order valence-electron chi connectivity index (χ1n) is 8.21. The largest absolute Gasteiger partial charge is 0.345 e. The van der Waals surface area contributed by atoms with E-state index < -0.39 is 0 Å². The number of aromatic nitrogens is 2. The van der Waals surface area contributed by atoms with E-state index in [4.69, 9.17) is 11.6 Å². The van der Waals surface area contributed by atoms with E-state index in [1.807, 2.05) is 25.8 Å². The second-order valence-electron chi connectivity index (χ2n) is 6.24. The van der Waals surface area contributed by atoms with E-state index in [0.29, 0.717) is 41.8 Å². The van der Waals surface area contributed by atoms with Gasteiger partial charge in [-0.25, -0.2) is 4.98 Å². The Kier molecular flexibility index (Phi) is 5.15. The van der Waals surface area contributed by atoms with Crippen LogP contribution in [0.3, 0.4) is 0 Å². The average Bonchev–Trinajstić information content (AvgIpc) is 2.95. The summed E-state index contributed by atoms with van der Waals surface area (Å²) in [5.41, 5.74) is 1.35. The molecule has 25 heavy (non-hydrogen) atoms. The topological polar surface area (TPSA) is 58.4 Å². The van der Waals surface area contributed by atoms with Crippen LogP contribution in [0.1, 0.15) is 37.3 Å². The van der Waals surface area contributed by atoms with Gasteiger partial charge in [0.15, 0.2) is 0 Å². The molecule has 0 spiro atoms. The number of amides is 2. The van der Waals surface area contributed by atoms with Gasteiger partial charge in [0.2, 0.25) is 0 Å². The zero-order valence-corrected chi connectivity index (χ0v) is 16.2. The molecular weight excluding hydrogens is 360 g/mol. The Hall–Kier alpha value is -1.86. The minimum absolute atomic E-state index is 0.0133. The van der Waals surface area contributed by atoms with Gasteiger partial charge in [0, 0.05) is 39.4 Å². The minimum Gasteiger partial charge on any atom is -0.345 e. The molecule has 0 saturated carbocycles. The van der Waals surface area contributed by atoms with Crippen molar-refractivity contribution in [3.05, 3.63) is 38.6 Å². The summed E-state index contributed by atoms with van der Waals surface area (Å²) in [4.78, 5) is 34.1. The van der Waals surface area contributed by atoms with Crippen molar-refractivity contribution < 1.29 is 9.59 Å². The molecule has 2 aromatic rings. The quantitative estimate of drug-likeness (QED) is 0.804. The molecule has 0 bridgehead atoms. The molecule has 1 fully saturated rings. The SMILES string of the molecule is Cc1nc(C)c(C(=O)N2CCCN(C(=O)c3cc(Cl)cn3C)CC2)s1. The van der Waals surface area contributed by atoms with Crippen LogP contribution in [0, 0.1) is 13.8 Å². The summed E-state index contributed by atoms with van der Waals surface area (Å²) in [5.74, 6) is -0.0344. The second-order valence-corrected chi connectivity index (χ2v) is 7.88. The number of carbonyl (C=O) groups is 2. The molecule has 3 rings (SSSR count). The summed E-state index contributed by atoms with van der Waals surface area (Å²) in [5, 5.41) is 1.45. The van der Waals surface area contributed by atoms with Gasteiger partial charge in [-0.1, -0.05) is 11.6 Å². The third-order valence-electron chi connectivity index (χ3n) is 4.36. The normalized spacial score (nSPS) is 15.4. The van der Waals surface area contributed by atoms with Crippen molar-refractivity contribution in [2.45, 2.75) is 20.3 Å². The molecule has 0 aromatic carbocycles. The van der Waals surface area contributed by atoms with Crippen molar-refractivity contribution in [1.29, 1.82) is 0 Å². The highest BCUT2D eigenvalue weighted by Gasteiger charge is 2.26. The first-order valence-corrected chi connectivity index (χ1v) is 9.40. The zero-order valence-electron chi connectivity index (χ0n) is 14.6. The van der Waals surface area contributed by atoms with Gasteiger partial charge in [0.1, 0.15) is 10.6 Å². The molecule has 0 unspecified atom stereocenters. The van der Waals surface area contributed by atoms with Crippen molar-refractivity contribution >= 4 is 34.8 Å². The molecule has 6 nitrogen and oxygen atoms in total. The maximum atomic E-state index is 12.8. The smallest absolute Gasteiger partial charge is 0.270 e. The van der Waals surface area contributed by atoms with Crippen LogP contribution in [0.25, 0.3) is 0 Å². The number of hydrogen-bond donors (Lipinski definition) is 0. The van der Waals surface area contributed by atoms with Gasteiger partial charge in [-0.2, -0.15) is 0 Å². The fourth-order valence-electron chi connectivity index (χ4n) is 3.10. The monoisotopic (exact) mass is 380 g/mol. The summed E-state index contributed by atoms with van der Waals surface area (Å²) in [6.45, 7) is 6.09. The average molecular weight is 381 g/mol. The summed E-state index contributed by atoms with van der Waals surface area (Å²) in [7, 11) is 1.81. The number of thiazole rings is 1. The number of carbonyl (C=O) groups excluding carboxylic acids is 2. The number of aryl methyl sites for hydroxylation is 3. The molecule has 3 heterocycles. The molecule has 0 N–H and O–H groups in total. The van der Waals surface area contributed by atoms with Crippen LogP contribution in [0.4, 0.5) is 0 Å². The maximum absolute atomic E-state index is 12.8. The van der Waals surface area contributed by atoms with Crippen molar-refractivity contribution in [2.24, 2.45) is 7.05 Å². The number of hydrogen-bond acceptors (Lipinski definition) is 4. The van der Waals surface area contributed by atoms with Gasteiger partial charge in [-0.15, -0.1) is 11.3 Å². The van der Waals surface area contributed by atoms with Crippen LogP contribution >= 0.6 is 22.9 Å². The van der Waals surface area contributed by atoms with Gasteiger partial charge in [0.25, 0.3) is 11.8 Å². The van der Waals surface area contributed by atoms with E-state index in [0.717, 1.165) is 17.1 Å². The van der Waals surface area contributed by atoms with Crippen LogP contribution in [0.2, 0.25) is 5.02 Å². The first kappa shape index (κ1) is 17.9. The Morgan fingerprint density at radius 2 is 1.76 bits per heavy atom. The Morgan fingerprint density at radius 3 is 2.28 bits per heavy atom. The zero-order chi connectivity index (χ0) is 18.1. The predicted octanol–water partition coefficient (Wildman–Crippen LogP) is 2.74. The Bertz CT molecular complexity index is 747. The van der Waals surface area contributed by atoms with Crippen molar-refractivity contribution in [3.8, 4) is 0 Å². The lowest BCUT2D eigenvalue weighted by molar-refractivity contribution is 0.0715. The first-order chi connectivity index (χ1) is 11.9. The summed E-state index contributed by atoms with van der Waals surface area (Å²) < 4.78 is 1.74. The van der Waals surface area contributed by atoms with Gasteiger partial charge >= 0.3 is 0 Å². The van der Waals surface area contributed by atoms with Gasteiger partial charge in [-0.3, -0.25) is 9.59 Å². The van der Waals surface area contributed by atoms with Crippen LogP contribution in [-0.4, -0.2) is 57.3 Å². The highest BCUT2D eigenvalue weighted by Crippen LogP contribution is 2.21. The maximum Gasteiger partial charge on any atom is 0.270 e. The van der Waals surface area contributed by atoms with E-state index in [9.17, 15) is 9.59 Å². The van der Waals surface area contributed by atoms with Gasteiger partial charge in [0.05, 0.1) is 15.7 Å². The molecule has 1 saturated heterocycles. The lowest BCUT2D eigenvalue weighted by Crippen LogP contribution is -2.37. The summed E-state index contributed by atoms with van der Waals surface area (Å²) in [6.07, 6.45) is 2.48. The molecule has 2 amide bonds. The predicted molar refractivity (Wildman–Crippen MR) is 98.4 cm³/mol. The molecule has 2 aromatic heterocycles. The van der Waals surface area contributed by atoms with Crippen LogP contribution in [0.15, 0.2) is 12.3 Å². The Balaban J connectivity index is 1.70. The van der Waals surface area contributed by atoms with E-state index in [2.05, 4.69) is 4.98 Å². The molecule has 0 atom stereocenters. The van der Waals surface area contributed by atoms with Crippen LogP contribution in [-0.2, 0) is 7.05 Å². The van der Waals surface area contributed by atoms with E-state index in [1.165, 1.54) is 11.3 Å². The molecule has 1 aliphatic rings. The molecule has 0 aliphatic carbocycles. The second kappa shape index (κ2) is 7.17. The Morgan fingerprint density at radius 1 is 1.12 bits per heavy atom. The fraction of sp³-hybridized carbons (Fsp3) is 0.471. The van der Waals surface area contributed by atoms with Crippen molar-refractivity contribution in [1.82, 2.24) is 19.4 Å². The number of nitrogens with zero attached hydrogens (tertiary/aromatic N) is 4. The van der Waals surface area contributed by atoms with E-state index in [1.54, 1.807) is 21.7 Å². The fourth-order valence-corrected chi connectivity index (χ4v) is 4.23. The third-order valence-corrected chi connectivity index (χ3v) is 5.63. The van der Waals surface area contributed by atoms with Gasteiger partial charge < -0.3 is 14.4 Å². The minimum atomic E-state index is -0.0477. The van der Waals surface area contributed by atoms with Crippen molar-refractivity contribution in [2.75, 3.05) is 26.2 Å². The van der Waals surface area contributed by atoms with Crippen molar-refractivity contribution in [3.63, 3.8) is 0 Å². The number of halogens is 1. The molecular formula is C17H21ClN4O2S. The standard InChI is InChI=1S/C17H21ClN4O2S/c1-11-15(25-12(2)19-11)17(24)22-6-4-5-21(7-8-22)16(23)14-9-13(18)10-20(14)3/h9-10H,4-8H2,1-3H3. The summed E-state index contributed by atoms with van der Waals surface area (Å²) >= 11 is 7.41. The highest BCUT2D eigenvalue weighted by atomic mass is 35.5. The lowest BCUT2D eigenvalue weighted by atomic mass is 10.3. The lowest BCUT2D eigenvalue weighted by Gasteiger charge is -2.22. The third kappa shape index (κ3) is 3.72. The highest BCUT2D eigenvalue weighted by molar-refractivity contribution is 7.13. The molecule has 1 aliphatic heterocycles. The van der Waals surface area contributed by atoms with E-state index in [-0.39, 0.29) is 11.8 Å². The summed E-state index contributed by atoms with van der Waals surface area (Å²) in [6, 6.07) is 1.68. The van der Waals surface area contributed by atoms with E-state index >= 15 is 0 Å². The molecule has 0 radical (unpaired) electrons. The number of rotatable bonds is 2. The Labute approximate surface area is 156 Å². The van der Waals surface area contributed by atoms with Crippen LogP contribution < -0.4 is 0 Å². The molecule has 134 valence electrons. The van der Waals surface area contributed by atoms with Gasteiger partial charge in [-0.05, 0) is 26.3 Å².